The fraction of sp³-hybridized carbons (Fsp3) is 0.600. The van der Waals surface area contributed by atoms with Gasteiger partial charge in [-0.1, -0.05) is 0 Å². The lowest BCUT2D eigenvalue weighted by atomic mass is 9.60. The Morgan fingerprint density at radius 1 is 1.37 bits per heavy atom. The molecule has 0 unspecified atom stereocenters. The number of carbonyl (C=O) groups is 2. The molecular formula is C20H26N2O5. The molecule has 7 nitrogen and oxygen atoms in total. The number of hydrogen-bond donors (Lipinski definition) is 2. The van der Waals surface area contributed by atoms with Gasteiger partial charge in [-0.2, -0.15) is 0 Å². The van der Waals surface area contributed by atoms with Crippen LogP contribution in [0.5, 0.6) is 11.5 Å². The molecule has 27 heavy (non-hydrogen) atoms. The highest BCUT2D eigenvalue weighted by molar-refractivity contribution is 5.98. The maximum Gasteiger partial charge on any atom is 0.258 e. The molecule has 0 radical (unpaired) electrons. The zero-order valence-corrected chi connectivity index (χ0v) is 15.7. The first kappa shape index (κ1) is 18.1. The molecule has 1 heterocycles. The molecule has 5 rings (SSSR count). The topological polar surface area (TPSA) is 85.9 Å². The van der Waals surface area contributed by atoms with E-state index in [0.717, 1.165) is 19.3 Å². The summed E-state index contributed by atoms with van der Waals surface area (Å²) in [4.78, 5) is 25.3. The highest BCUT2D eigenvalue weighted by atomic mass is 16.5. The lowest BCUT2D eigenvalue weighted by Crippen LogP contribution is -2.67. The van der Waals surface area contributed by atoms with Crippen LogP contribution in [-0.4, -0.2) is 44.9 Å². The Labute approximate surface area is 158 Å². The minimum atomic E-state index is -0.720. The molecule has 3 fully saturated rings. The van der Waals surface area contributed by atoms with Gasteiger partial charge in [0, 0.05) is 38.0 Å². The molecule has 3 saturated carbocycles. The Morgan fingerprint density at radius 2 is 2.22 bits per heavy atom. The van der Waals surface area contributed by atoms with E-state index in [2.05, 4.69) is 10.6 Å². The first-order valence-electron chi connectivity index (χ1n) is 9.52. The average Bonchev–Trinajstić information content (AvgIpc) is 2.67. The molecule has 4 aliphatic rings. The zero-order chi connectivity index (χ0) is 19.0. The number of ether oxygens (including phenoxy) is 3. The molecule has 1 aromatic rings. The minimum absolute atomic E-state index is 0.0292. The summed E-state index contributed by atoms with van der Waals surface area (Å²) in [7, 11) is 3.21. The maximum absolute atomic E-state index is 12.7. The molecule has 0 aromatic heterocycles. The van der Waals surface area contributed by atoms with Crippen LogP contribution in [0.2, 0.25) is 0 Å². The predicted molar refractivity (Wildman–Crippen MR) is 97.6 cm³/mol. The molecule has 1 aromatic carbocycles. The summed E-state index contributed by atoms with van der Waals surface area (Å²) in [5, 5.41) is 6.08. The largest absolute Gasteiger partial charge is 0.497 e. The number of nitrogens with one attached hydrogen (secondary N) is 2. The quantitative estimate of drug-likeness (QED) is 0.767. The molecule has 0 saturated heterocycles. The molecule has 3 aliphatic carbocycles. The molecule has 2 bridgehead atoms. The minimum Gasteiger partial charge on any atom is -0.497 e. The first-order chi connectivity index (χ1) is 13.1. The second-order valence-electron chi connectivity index (χ2n) is 7.67. The van der Waals surface area contributed by atoms with E-state index in [9.17, 15) is 9.59 Å². The van der Waals surface area contributed by atoms with Gasteiger partial charge in [-0.05, 0) is 37.3 Å². The Hall–Kier alpha value is -2.28. The van der Waals surface area contributed by atoms with Crippen molar-refractivity contribution in [1.29, 1.82) is 0 Å². The number of methoxy groups -OCH3 is 2. The van der Waals surface area contributed by atoms with E-state index >= 15 is 0 Å². The van der Waals surface area contributed by atoms with Crippen LogP contribution in [-0.2, 0) is 9.53 Å². The van der Waals surface area contributed by atoms with E-state index < -0.39 is 5.72 Å². The van der Waals surface area contributed by atoms with Gasteiger partial charge in [0.25, 0.3) is 5.91 Å². The van der Waals surface area contributed by atoms with Gasteiger partial charge >= 0.3 is 0 Å². The van der Waals surface area contributed by atoms with Crippen molar-refractivity contribution in [3.8, 4) is 11.5 Å². The normalized spacial score (nSPS) is 31.0. The van der Waals surface area contributed by atoms with Gasteiger partial charge in [-0.15, -0.1) is 0 Å². The summed E-state index contributed by atoms with van der Waals surface area (Å²) >= 11 is 0. The van der Waals surface area contributed by atoms with Crippen molar-refractivity contribution in [3.63, 3.8) is 0 Å². The van der Waals surface area contributed by atoms with Crippen molar-refractivity contribution in [1.82, 2.24) is 10.6 Å². The summed E-state index contributed by atoms with van der Waals surface area (Å²) in [5.74, 6) is 1.47. The number of benzene rings is 1. The van der Waals surface area contributed by atoms with Gasteiger partial charge in [-0.25, -0.2) is 0 Å². The van der Waals surface area contributed by atoms with E-state index in [-0.39, 0.29) is 29.6 Å². The van der Waals surface area contributed by atoms with E-state index in [1.165, 1.54) is 0 Å². The van der Waals surface area contributed by atoms with Gasteiger partial charge in [0.1, 0.15) is 11.5 Å². The van der Waals surface area contributed by atoms with Gasteiger partial charge in [-0.3, -0.25) is 9.59 Å². The van der Waals surface area contributed by atoms with Crippen molar-refractivity contribution < 1.29 is 23.8 Å². The Morgan fingerprint density at radius 3 is 2.93 bits per heavy atom. The predicted octanol–water partition coefficient (Wildman–Crippen LogP) is 1.71. The highest BCUT2D eigenvalue weighted by Crippen LogP contribution is 2.52. The van der Waals surface area contributed by atoms with Crippen LogP contribution in [0.1, 0.15) is 36.0 Å². The highest BCUT2D eigenvalue weighted by Gasteiger charge is 2.57. The number of hydrogen-bond acceptors (Lipinski definition) is 5. The second kappa shape index (κ2) is 7.03. The smallest absolute Gasteiger partial charge is 0.258 e. The Kier molecular flexibility index (Phi) is 4.72. The van der Waals surface area contributed by atoms with E-state index in [1.807, 2.05) is 0 Å². The van der Waals surface area contributed by atoms with Crippen LogP contribution in [0.25, 0.3) is 0 Å². The molecule has 146 valence electrons. The number of fused-ring (bicyclic) bond motifs is 3. The third-order valence-corrected chi connectivity index (χ3v) is 6.21. The monoisotopic (exact) mass is 374 g/mol. The summed E-state index contributed by atoms with van der Waals surface area (Å²) < 4.78 is 16.6. The van der Waals surface area contributed by atoms with Crippen molar-refractivity contribution in [2.45, 2.75) is 31.4 Å². The van der Waals surface area contributed by atoms with Crippen LogP contribution in [0.3, 0.4) is 0 Å². The lowest BCUT2D eigenvalue weighted by molar-refractivity contribution is -0.146. The molecule has 4 atom stereocenters. The maximum atomic E-state index is 12.7. The Bertz CT molecular complexity index is 752. The van der Waals surface area contributed by atoms with Gasteiger partial charge < -0.3 is 24.8 Å². The molecular weight excluding hydrogens is 348 g/mol. The lowest BCUT2D eigenvalue weighted by Gasteiger charge is -2.55. The molecule has 7 heteroatoms. The van der Waals surface area contributed by atoms with Crippen molar-refractivity contribution in [2.75, 3.05) is 27.4 Å². The van der Waals surface area contributed by atoms with E-state index in [1.54, 1.807) is 32.4 Å². The molecule has 2 amide bonds. The van der Waals surface area contributed by atoms with Crippen LogP contribution in [0, 0.1) is 17.8 Å². The third kappa shape index (κ3) is 3.14. The number of rotatable bonds is 5. The summed E-state index contributed by atoms with van der Waals surface area (Å²) in [6.45, 7) is 1.03. The van der Waals surface area contributed by atoms with Crippen molar-refractivity contribution >= 4 is 11.8 Å². The number of carbonyl (C=O) groups excluding carboxylic acids is 2. The van der Waals surface area contributed by atoms with E-state index in [0.29, 0.717) is 36.6 Å². The van der Waals surface area contributed by atoms with Gasteiger partial charge in [0.05, 0.1) is 19.3 Å². The van der Waals surface area contributed by atoms with E-state index in [4.69, 9.17) is 14.2 Å². The number of amides is 2. The second-order valence-corrected chi connectivity index (χ2v) is 7.67. The average molecular weight is 374 g/mol. The first-order valence-corrected chi connectivity index (χ1v) is 9.52. The standard InChI is InChI=1S/C20H26N2O5/c1-25-8-7-21-18(23)16-9-13-4-3-12(16)11-20(13)22-19(24)15-6-5-14(26-2)10-17(15)27-20/h5-6,10,12-13,16H,3-4,7-9,11H2,1-2H3,(H,21,23)(H,22,24)/t12-,13+,16+,20+/m0/s1. The van der Waals surface area contributed by atoms with Crippen LogP contribution >= 0.6 is 0 Å². The van der Waals surface area contributed by atoms with Gasteiger partial charge in [0.2, 0.25) is 5.91 Å². The Balaban J connectivity index is 1.53. The SMILES string of the molecule is COCCNC(=O)[C@@H]1C[C@H]2CC[C@H]1C[C@]21NC(=O)c2ccc(OC)cc2O1. The fourth-order valence-electron chi connectivity index (χ4n) is 4.85. The molecule has 1 spiro atoms. The summed E-state index contributed by atoms with van der Waals surface area (Å²) in [6.07, 6.45) is 3.32. The fourth-order valence-corrected chi connectivity index (χ4v) is 4.85. The van der Waals surface area contributed by atoms with Crippen LogP contribution < -0.4 is 20.1 Å². The third-order valence-electron chi connectivity index (χ3n) is 6.21. The molecule has 2 N–H and O–H groups in total. The molecule has 1 aliphatic heterocycles. The van der Waals surface area contributed by atoms with Crippen LogP contribution in [0.4, 0.5) is 0 Å². The zero-order valence-electron chi connectivity index (χ0n) is 15.7. The van der Waals surface area contributed by atoms with Crippen molar-refractivity contribution in [2.24, 2.45) is 17.8 Å². The summed E-state index contributed by atoms with van der Waals surface area (Å²) in [5.41, 5.74) is -0.195. The summed E-state index contributed by atoms with van der Waals surface area (Å²) in [6, 6.07) is 5.25. The van der Waals surface area contributed by atoms with Gasteiger partial charge in [0.15, 0.2) is 5.72 Å². The van der Waals surface area contributed by atoms with Crippen molar-refractivity contribution in [3.05, 3.63) is 23.8 Å². The van der Waals surface area contributed by atoms with Crippen LogP contribution in [0.15, 0.2) is 18.2 Å².